The summed E-state index contributed by atoms with van der Waals surface area (Å²) in [7, 11) is 0. The van der Waals surface area contributed by atoms with Crippen LogP contribution in [-0.4, -0.2) is 18.5 Å². The van der Waals surface area contributed by atoms with Gasteiger partial charge < -0.3 is 14.5 Å². The number of carbonyl (C=O) groups is 2. The number of amides is 1. The number of furan rings is 1. The number of hydrogen-bond donors (Lipinski definition) is 1. The molecule has 0 bridgehead atoms. The zero-order valence-electron chi connectivity index (χ0n) is 11.8. The fraction of sp³-hybridized carbons (Fsp3) is 0.0625. The molecule has 7 heteroatoms. The molecule has 0 aliphatic carbocycles. The van der Waals surface area contributed by atoms with E-state index < -0.39 is 18.5 Å². The van der Waals surface area contributed by atoms with Crippen LogP contribution in [0, 0.1) is 11.3 Å². The Morgan fingerprint density at radius 3 is 2.65 bits per heavy atom. The fourth-order valence-electron chi connectivity index (χ4n) is 1.59. The van der Waals surface area contributed by atoms with Crippen molar-refractivity contribution in [1.29, 1.82) is 5.26 Å². The first-order chi connectivity index (χ1) is 11.1. The summed E-state index contributed by atoms with van der Waals surface area (Å²) in [6.45, 7) is -0.494. The molecule has 0 aliphatic heterocycles. The van der Waals surface area contributed by atoms with Gasteiger partial charge in [0.05, 0.1) is 6.26 Å². The van der Waals surface area contributed by atoms with Gasteiger partial charge in [-0.15, -0.1) is 0 Å². The lowest BCUT2D eigenvalue weighted by atomic mass is 10.2. The summed E-state index contributed by atoms with van der Waals surface area (Å²) in [5.74, 6) is -1.05. The van der Waals surface area contributed by atoms with E-state index in [0.717, 1.165) is 4.47 Å². The van der Waals surface area contributed by atoms with Gasteiger partial charge in [-0.25, -0.2) is 4.79 Å². The highest BCUT2D eigenvalue weighted by atomic mass is 79.9. The molecular formula is C16H11BrN2O4. The SMILES string of the molecule is N#C/C(=C\c1ccco1)C(=O)OCC(=O)Nc1ccc(Br)cc1. The van der Waals surface area contributed by atoms with E-state index in [0.29, 0.717) is 11.4 Å². The van der Waals surface area contributed by atoms with E-state index in [-0.39, 0.29) is 5.57 Å². The van der Waals surface area contributed by atoms with Gasteiger partial charge in [-0.3, -0.25) is 4.79 Å². The van der Waals surface area contributed by atoms with Gasteiger partial charge in [-0.1, -0.05) is 15.9 Å². The van der Waals surface area contributed by atoms with Crippen molar-refractivity contribution in [3.8, 4) is 6.07 Å². The third-order valence-corrected chi connectivity index (χ3v) is 3.16. The number of ether oxygens (including phenoxy) is 1. The van der Waals surface area contributed by atoms with E-state index >= 15 is 0 Å². The standard InChI is InChI=1S/C16H11BrN2O4/c17-12-3-5-13(6-4-12)19-15(20)10-23-16(21)11(9-18)8-14-2-1-7-22-14/h1-8H,10H2,(H,19,20)/b11-8+. The Morgan fingerprint density at radius 2 is 2.04 bits per heavy atom. The first kappa shape index (κ1) is 16.5. The maximum Gasteiger partial charge on any atom is 0.349 e. The lowest BCUT2D eigenvalue weighted by molar-refractivity contribution is -0.142. The molecule has 1 N–H and O–H groups in total. The van der Waals surface area contributed by atoms with Gasteiger partial charge >= 0.3 is 5.97 Å². The molecule has 0 atom stereocenters. The Morgan fingerprint density at radius 1 is 1.30 bits per heavy atom. The Bertz CT molecular complexity index is 758. The Hall–Kier alpha value is -2.85. The quantitative estimate of drug-likeness (QED) is 0.493. The van der Waals surface area contributed by atoms with E-state index in [1.807, 2.05) is 0 Å². The Kier molecular flexibility index (Phi) is 5.72. The second kappa shape index (κ2) is 7.96. The van der Waals surface area contributed by atoms with Crippen molar-refractivity contribution < 1.29 is 18.7 Å². The minimum absolute atomic E-state index is 0.253. The molecular weight excluding hydrogens is 364 g/mol. The number of nitrogens with one attached hydrogen (secondary N) is 1. The number of benzene rings is 1. The van der Waals surface area contributed by atoms with Crippen molar-refractivity contribution in [2.24, 2.45) is 0 Å². The van der Waals surface area contributed by atoms with Crippen molar-refractivity contribution in [3.05, 3.63) is 58.5 Å². The number of esters is 1. The molecule has 0 fully saturated rings. The van der Waals surface area contributed by atoms with Gasteiger partial charge in [0.1, 0.15) is 17.4 Å². The second-order valence-corrected chi connectivity index (χ2v) is 5.23. The van der Waals surface area contributed by atoms with Crippen LogP contribution in [-0.2, 0) is 14.3 Å². The van der Waals surface area contributed by atoms with E-state index in [4.69, 9.17) is 14.4 Å². The van der Waals surface area contributed by atoms with Crippen molar-refractivity contribution in [1.82, 2.24) is 0 Å². The predicted octanol–water partition coefficient (Wildman–Crippen LogP) is 3.13. The van der Waals surface area contributed by atoms with Gasteiger partial charge in [0.25, 0.3) is 5.91 Å². The molecule has 6 nitrogen and oxygen atoms in total. The molecule has 116 valence electrons. The minimum atomic E-state index is -0.894. The molecule has 0 spiro atoms. The molecule has 0 saturated heterocycles. The summed E-state index contributed by atoms with van der Waals surface area (Å²) in [5, 5.41) is 11.5. The van der Waals surface area contributed by atoms with Crippen LogP contribution in [0.4, 0.5) is 5.69 Å². The maximum atomic E-state index is 11.8. The van der Waals surface area contributed by atoms with Crippen molar-refractivity contribution in [3.63, 3.8) is 0 Å². The Balaban J connectivity index is 1.89. The molecule has 1 aromatic heterocycles. The summed E-state index contributed by atoms with van der Waals surface area (Å²) in [4.78, 5) is 23.5. The number of nitrogens with zero attached hydrogens (tertiary/aromatic N) is 1. The fourth-order valence-corrected chi connectivity index (χ4v) is 1.86. The van der Waals surface area contributed by atoms with Gasteiger partial charge in [0.2, 0.25) is 0 Å². The van der Waals surface area contributed by atoms with E-state index in [9.17, 15) is 9.59 Å². The summed E-state index contributed by atoms with van der Waals surface area (Å²) in [5.41, 5.74) is 0.317. The average molecular weight is 375 g/mol. The molecule has 2 aromatic rings. The van der Waals surface area contributed by atoms with Gasteiger partial charge in [-0.05, 0) is 36.4 Å². The number of hydrogen-bond acceptors (Lipinski definition) is 5. The zero-order chi connectivity index (χ0) is 16.7. The lowest BCUT2D eigenvalue weighted by Crippen LogP contribution is -2.21. The molecule has 1 aromatic carbocycles. The lowest BCUT2D eigenvalue weighted by Gasteiger charge is -2.06. The number of carbonyl (C=O) groups excluding carboxylic acids is 2. The monoisotopic (exact) mass is 374 g/mol. The number of halogens is 1. The van der Waals surface area contributed by atoms with Crippen LogP contribution in [0.15, 0.2) is 57.1 Å². The maximum absolute atomic E-state index is 11.8. The zero-order valence-corrected chi connectivity index (χ0v) is 13.4. The molecule has 0 unspecified atom stereocenters. The average Bonchev–Trinajstić information content (AvgIpc) is 3.05. The highest BCUT2D eigenvalue weighted by Crippen LogP contribution is 2.14. The topological polar surface area (TPSA) is 92.3 Å². The van der Waals surface area contributed by atoms with E-state index in [1.54, 1.807) is 42.5 Å². The number of rotatable bonds is 5. The summed E-state index contributed by atoms with van der Waals surface area (Å²) < 4.78 is 10.7. The van der Waals surface area contributed by atoms with Gasteiger partial charge in [0, 0.05) is 16.2 Å². The van der Waals surface area contributed by atoms with Crippen LogP contribution in [0.2, 0.25) is 0 Å². The van der Waals surface area contributed by atoms with Crippen LogP contribution < -0.4 is 5.32 Å². The Labute approximate surface area is 140 Å². The van der Waals surface area contributed by atoms with E-state index in [2.05, 4.69) is 21.2 Å². The molecule has 23 heavy (non-hydrogen) atoms. The molecule has 2 rings (SSSR count). The molecule has 0 radical (unpaired) electrons. The molecule has 1 heterocycles. The van der Waals surface area contributed by atoms with Crippen LogP contribution in [0.25, 0.3) is 6.08 Å². The molecule has 1 amide bonds. The van der Waals surface area contributed by atoms with Crippen LogP contribution >= 0.6 is 15.9 Å². The first-order valence-corrected chi connectivity index (χ1v) is 7.25. The summed E-state index contributed by atoms with van der Waals surface area (Å²) in [6, 6.07) is 11.8. The highest BCUT2D eigenvalue weighted by molar-refractivity contribution is 9.10. The van der Waals surface area contributed by atoms with Gasteiger partial charge in [-0.2, -0.15) is 5.26 Å². The summed E-state index contributed by atoms with van der Waals surface area (Å²) >= 11 is 3.28. The normalized spacial score (nSPS) is 10.7. The second-order valence-electron chi connectivity index (χ2n) is 4.32. The smallest absolute Gasteiger partial charge is 0.349 e. The summed E-state index contributed by atoms with van der Waals surface area (Å²) in [6.07, 6.45) is 2.66. The first-order valence-electron chi connectivity index (χ1n) is 6.46. The highest BCUT2D eigenvalue weighted by Gasteiger charge is 2.14. The molecule has 0 saturated carbocycles. The van der Waals surface area contributed by atoms with Gasteiger partial charge in [0.15, 0.2) is 6.61 Å². The predicted molar refractivity (Wildman–Crippen MR) is 86.0 cm³/mol. The van der Waals surface area contributed by atoms with E-state index in [1.165, 1.54) is 12.3 Å². The van der Waals surface area contributed by atoms with Crippen LogP contribution in [0.3, 0.4) is 0 Å². The minimum Gasteiger partial charge on any atom is -0.465 e. The largest absolute Gasteiger partial charge is 0.465 e. The van der Waals surface area contributed by atoms with Crippen molar-refractivity contribution >= 4 is 39.6 Å². The van der Waals surface area contributed by atoms with Crippen LogP contribution in [0.1, 0.15) is 5.76 Å². The van der Waals surface area contributed by atoms with Crippen LogP contribution in [0.5, 0.6) is 0 Å². The third kappa shape index (κ3) is 5.13. The number of nitriles is 1. The van der Waals surface area contributed by atoms with Crippen molar-refractivity contribution in [2.75, 3.05) is 11.9 Å². The number of anilines is 1. The van der Waals surface area contributed by atoms with Crippen molar-refractivity contribution in [2.45, 2.75) is 0 Å². The third-order valence-electron chi connectivity index (χ3n) is 2.63. The molecule has 0 aliphatic rings.